The van der Waals surface area contributed by atoms with E-state index >= 15 is 0 Å². The lowest BCUT2D eigenvalue weighted by atomic mass is 10.1. The predicted molar refractivity (Wildman–Crippen MR) is 119 cm³/mol. The minimum absolute atomic E-state index is 0.0123. The molecule has 0 aromatic heterocycles. The summed E-state index contributed by atoms with van der Waals surface area (Å²) in [6.45, 7) is 4.03. The first-order valence-electron chi connectivity index (χ1n) is 9.45. The van der Waals surface area contributed by atoms with Crippen LogP contribution in [0.1, 0.15) is 11.1 Å². The van der Waals surface area contributed by atoms with Crippen molar-refractivity contribution >= 4 is 29.2 Å². The Morgan fingerprint density at radius 1 is 0.903 bits per heavy atom. The molecule has 2 aromatic rings. The average molecular weight is 440 g/mol. The number of hydrogen-bond acceptors (Lipinski definition) is 6. The van der Waals surface area contributed by atoms with Crippen LogP contribution in [0.3, 0.4) is 0 Å². The summed E-state index contributed by atoms with van der Waals surface area (Å²) in [6.07, 6.45) is 6.45. The third-order valence-corrected chi connectivity index (χ3v) is 5.08. The molecule has 0 N–H and O–H groups in total. The Balaban J connectivity index is 2.00. The van der Waals surface area contributed by atoms with E-state index in [-0.39, 0.29) is 11.3 Å². The highest BCUT2D eigenvalue weighted by molar-refractivity contribution is 6.32. The molecule has 0 unspecified atom stereocenters. The van der Waals surface area contributed by atoms with E-state index in [1.165, 1.54) is 30.8 Å². The van der Waals surface area contributed by atoms with E-state index in [0.29, 0.717) is 22.2 Å². The van der Waals surface area contributed by atoms with Gasteiger partial charge < -0.3 is 19.1 Å². The highest BCUT2D eigenvalue weighted by Crippen LogP contribution is 2.35. The summed E-state index contributed by atoms with van der Waals surface area (Å²) in [5.74, 6) is -0.226. The summed E-state index contributed by atoms with van der Waals surface area (Å²) in [6, 6.07) is 10.9. The van der Waals surface area contributed by atoms with Gasteiger partial charge in [-0.05, 0) is 67.5 Å². The number of allylic oxidation sites excluding steroid dienone is 2. The fourth-order valence-corrected chi connectivity index (χ4v) is 3.21. The number of nitrogens with zero attached hydrogens (tertiary/aromatic N) is 1. The molecule has 0 radical (unpaired) electrons. The molecule has 0 saturated heterocycles. The van der Waals surface area contributed by atoms with Crippen molar-refractivity contribution < 1.29 is 23.8 Å². The number of anilines is 1. The molecule has 0 atom stereocenters. The number of methoxy groups -OCH3 is 2. The molecule has 1 aliphatic heterocycles. The van der Waals surface area contributed by atoms with Gasteiger partial charge in [-0.3, -0.25) is 0 Å². The van der Waals surface area contributed by atoms with Crippen molar-refractivity contribution in [3.8, 4) is 11.5 Å². The second-order valence-electron chi connectivity index (χ2n) is 6.78. The number of halogens is 1. The quantitative estimate of drug-likeness (QED) is 0.593. The van der Waals surface area contributed by atoms with Crippen LogP contribution in [0, 0.1) is 13.8 Å². The Labute approximate surface area is 186 Å². The van der Waals surface area contributed by atoms with E-state index in [9.17, 15) is 9.59 Å². The van der Waals surface area contributed by atoms with Crippen molar-refractivity contribution in [1.29, 1.82) is 0 Å². The van der Waals surface area contributed by atoms with Gasteiger partial charge in [-0.25, -0.2) is 9.59 Å². The minimum Gasteiger partial charge on any atom is -0.465 e. The van der Waals surface area contributed by atoms with Crippen LogP contribution in [0.5, 0.6) is 11.5 Å². The van der Waals surface area contributed by atoms with Crippen LogP contribution in [0.2, 0.25) is 5.02 Å². The lowest BCUT2D eigenvalue weighted by Crippen LogP contribution is -2.26. The summed E-state index contributed by atoms with van der Waals surface area (Å²) in [5.41, 5.74) is 2.89. The molecule has 0 spiro atoms. The van der Waals surface area contributed by atoms with Gasteiger partial charge in [-0.1, -0.05) is 23.7 Å². The third-order valence-electron chi connectivity index (χ3n) is 4.79. The summed E-state index contributed by atoms with van der Waals surface area (Å²) < 4.78 is 15.7. The predicted octanol–water partition coefficient (Wildman–Crippen LogP) is 5.24. The number of carbonyl (C=O) groups is 2. The smallest absolute Gasteiger partial charge is 0.355 e. The Morgan fingerprint density at radius 3 is 2.29 bits per heavy atom. The Kier molecular flexibility index (Phi) is 6.82. The van der Waals surface area contributed by atoms with Crippen LogP contribution in [0.15, 0.2) is 72.1 Å². The van der Waals surface area contributed by atoms with Gasteiger partial charge in [0.25, 0.3) is 0 Å². The summed E-state index contributed by atoms with van der Waals surface area (Å²) in [5, 5.41) is 0.338. The fourth-order valence-electron chi connectivity index (χ4n) is 2.99. The number of benzene rings is 2. The van der Waals surface area contributed by atoms with E-state index in [2.05, 4.69) is 0 Å². The first-order chi connectivity index (χ1) is 14.8. The number of aryl methyl sites for hydroxylation is 2. The molecule has 2 aromatic carbocycles. The molecule has 0 bridgehead atoms. The molecule has 6 nitrogen and oxygen atoms in total. The van der Waals surface area contributed by atoms with Crippen molar-refractivity contribution in [2.24, 2.45) is 0 Å². The maximum atomic E-state index is 12.5. The average Bonchev–Trinajstić information content (AvgIpc) is 2.99. The van der Waals surface area contributed by atoms with Crippen LogP contribution >= 0.6 is 11.6 Å². The highest BCUT2D eigenvalue weighted by Gasteiger charge is 2.27. The van der Waals surface area contributed by atoms with Crippen molar-refractivity contribution in [3.05, 3.63) is 88.2 Å². The molecule has 1 aliphatic rings. The SMILES string of the molecule is COC(=O)C1=C(C(=O)OC)N(c2ccc(Oc3ccc(C)c(C)c3)c(Cl)c2)C=CC=C1. The van der Waals surface area contributed by atoms with Gasteiger partial charge in [0.05, 0.1) is 24.8 Å². The first kappa shape index (κ1) is 22.2. The lowest BCUT2D eigenvalue weighted by molar-refractivity contribution is -0.139. The van der Waals surface area contributed by atoms with Gasteiger partial charge in [0.15, 0.2) is 0 Å². The van der Waals surface area contributed by atoms with Crippen LogP contribution < -0.4 is 9.64 Å². The summed E-state index contributed by atoms with van der Waals surface area (Å²) in [4.78, 5) is 26.3. The zero-order valence-corrected chi connectivity index (χ0v) is 18.4. The summed E-state index contributed by atoms with van der Waals surface area (Å²) >= 11 is 6.48. The Hall–Kier alpha value is -3.51. The molecule has 160 valence electrons. The fraction of sp³-hybridized carbons (Fsp3) is 0.167. The molecule has 0 saturated carbocycles. The zero-order chi connectivity index (χ0) is 22.5. The van der Waals surface area contributed by atoms with E-state index < -0.39 is 11.9 Å². The zero-order valence-electron chi connectivity index (χ0n) is 17.6. The Morgan fingerprint density at radius 2 is 1.65 bits per heavy atom. The number of rotatable bonds is 5. The highest BCUT2D eigenvalue weighted by atomic mass is 35.5. The Bertz CT molecular complexity index is 1120. The van der Waals surface area contributed by atoms with Crippen LogP contribution in [-0.2, 0) is 19.1 Å². The molecule has 31 heavy (non-hydrogen) atoms. The van der Waals surface area contributed by atoms with Gasteiger partial charge in [-0.15, -0.1) is 0 Å². The molecule has 1 heterocycles. The largest absolute Gasteiger partial charge is 0.465 e. The second-order valence-corrected chi connectivity index (χ2v) is 7.19. The lowest BCUT2D eigenvalue weighted by Gasteiger charge is -2.23. The molecule has 0 fully saturated rings. The van der Waals surface area contributed by atoms with Gasteiger partial charge in [0, 0.05) is 11.9 Å². The van der Waals surface area contributed by atoms with Gasteiger partial charge in [0.2, 0.25) is 0 Å². The van der Waals surface area contributed by atoms with Crippen LogP contribution in [0.4, 0.5) is 5.69 Å². The third kappa shape index (κ3) is 4.81. The number of hydrogen-bond donors (Lipinski definition) is 0. The van der Waals surface area contributed by atoms with Gasteiger partial charge in [-0.2, -0.15) is 0 Å². The number of ether oxygens (including phenoxy) is 3. The molecule has 0 amide bonds. The van der Waals surface area contributed by atoms with Gasteiger partial charge in [0.1, 0.15) is 17.2 Å². The van der Waals surface area contributed by atoms with Crippen molar-refractivity contribution in [2.75, 3.05) is 19.1 Å². The van der Waals surface area contributed by atoms with E-state index in [1.54, 1.807) is 36.6 Å². The normalized spacial score (nSPS) is 13.1. The van der Waals surface area contributed by atoms with Crippen molar-refractivity contribution in [3.63, 3.8) is 0 Å². The molecular formula is C24H22ClNO5. The standard InChI is InChI=1S/C24H22ClNO5/c1-15-8-10-18(13-16(15)2)31-21-11-9-17(14-20(21)25)26-12-6-5-7-19(23(27)29-3)22(26)24(28)30-4/h5-14H,1-4H3. The van der Waals surface area contributed by atoms with Crippen molar-refractivity contribution in [1.82, 2.24) is 0 Å². The maximum Gasteiger partial charge on any atom is 0.355 e. The van der Waals surface area contributed by atoms with Crippen molar-refractivity contribution in [2.45, 2.75) is 13.8 Å². The van der Waals surface area contributed by atoms with Crippen LogP contribution in [-0.4, -0.2) is 26.2 Å². The van der Waals surface area contributed by atoms with Crippen LogP contribution in [0.25, 0.3) is 0 Å². The molecule has 0 aliphatic carbocycles. The molecular weight excluding hydrogens is 418 g/mol. The maximum absolute atomic E-state index is 12.5. The monoisotopic (exact) mass is 439 g/mol. The minimum atomic E-state index is -0.692. The topological polar surface area (TPSA) is 65.1 Å². The van der Waals surface area contributed by atoms with E-state index in [0.717, 1.165) is 5.56 Å². The van der Waals surface area contributed by atoms with E-state index in [4.69, 9.17) is 25.8 Å². The van der Waals surface area contributed by atoms with E-state index in [1.807, 2.05) is 32.0 Å². The first-order valence-corrected chi connectivity index (χ1v) is 9.83. The number of carbonyl (C=O) groups excluding carboxylic acids is 2. The molecule has 7 heteroatoms. The summed E-state index contributed by atoms with van der Waals surface area (Å²) in [7, 11) is 2.49. The second kappa shape index (κ2) is 9.53. The molecule has 3 rings (SSSR count). The van der Waals surface area contributed by atoms with Gasteiger partial charge >= 0.3 is 11.9 Å². The number of esters is 2.